The van der Waals surface area contributed by atoms with Crippen LogP contribution in [0.3, 0.4) is 0 Å². The van der Waals surface area contributed by atoms with Crippen LogP contribution >= 0.6 is 58.4 Å². The second-order valence-electron chi connectivity index (χ2n) is 2.93. The van der Waals surface area contributed by atoms with Gasteiger partial charge in [-0.05, 0) is 18.9 Å². The maximum atomic E-state index is 13.2. The van der Waals surface area contributed by atoms with Crippen LogP contribution in [0.25, 0.3) is 0 Å². The molecule has 0 aliphatic heterocycles. The summed E-state index contributed by atoms with van der Waals surface area (Å²) in [7, 11) is -3.85. The molecule has 0 aromatic rings. The normalized spacial score (nSPS) is 15.7. The third-order valence-electron chi connectivity index (χ3n) is 1.36. The zero-order chi connectivity index (χ0) is 14.1. The number of rotatable bonds is 5. The van der Waals surface area contributed by atoms with Crippen LogP contribution in [0.1, 0.15) is 6.92 Å². The van der Waals surface area contributed by atoms with E-state index in [1.54, 1.807) is 6.07 Å². The molecule has 0 saturated carbocycles. The van der Waals surface area contributed by atoms with E-state index in [9.17, 15) is 12.8 Å². The van der Waals surface area contributed by atoms with Gasteiger partial charge in [0.25, 0.3) is 0 Å². The van der Waals surface area contributed by atoms with Crippen molar-refractivity contribution in [1.29, 1.82) is 5.26 Å². The van der Waals surface area contributed by atoms with Crippen molar-refractivity contribution in [2.24, 2.45) is 0 Å². The Balaban J connectivity index is 5.25. The van der Waals surface area contributed by atoms with E-state index in [2.05, 4.69) is 0 Å². The Kier molecular flexibility index (Phi) is 6.16. The van der Waals surface area contributed by atoms with Crippen LogP contribution in [0, 0.1) is 11.3 Å². The van der Waals surface area contributed by atoms with Gasteiger partial charge in [0, 0.05) is 0 Å². The van der Waals surface area contributed by atoms with Crippen molar-refractivity contribution in [3.8, 4) is 6.07 Å². The smallest absolute Gasteiger partial charge is 0.212 e. The van der Waals surface area contributed by atoms with Gasteiger partial charge in [0.1, 0.15) is 6.04 Å². The zero-order valence-corrected chi connectivity index (χ0v) is 13.2. The number of hydrogen-bond donors (Lipinski definition) is 0. The molecule has 0 aliphatic carbocycles. The van der Waals surface area contributed by atoms with E-state index >= 15 is 0 Å². The SMILES string of the molecule is CC(C#N)N(SC(Cl)(Cl)C(F)(Cl)Cl)S(C)(=O)=O. The molecule has 4 nitrogen and oxygen atoms in total. The van der Waals surface area contributed by atoms with Crippen molar-refractivity contribution in [2.45, 2.75) is 21.2 Å². The lowest BCUT2D eigenvalue weighted by Gasteiger charge is -2.30. The predicted molar refractivity (Wildman–Crippen MR) is 69.3 cm³/mol. The second-order valence-corrected chi connectivity index (χ2v) is 9.22. The first kappa shape index (κ1) is 17.8. The molecule has 0 aliphatic rings. The van der Waals surface area contributed by atoms with Gasteiger partial charge in [0.15, 0.2) is 0 Å². The summed E-state index contributed by atoms with van der Waals surface area (Å²) in [6.45, 7) is 1.26. The number of halogens is 5. The Morgan fingerprint density at radius 3 is 2.06 bits per heavy atom. The van der Waals surface area contributed by atoms with Gasteiger partial charge in [0.05, 0.1) is 12.3 Å². The summed E-state index contributed by atoms with van der Waals surface area (Å²) in [5, 5.41) is 8.65. The van der Waals surface area contributed by atoms with Gasteiger partial charge in [-0.3, -0.25) is 0 Å². The standard InChI is InChI=1S/C6H7Cl4FN2O2S2/c1-4(3-12)13(17(2,14)15)16-6(9,10)5(7,8)11/h4H,1-2H3. The average molecular weight is 364 g/mol. The highest BCUT2D eigenvalue weighted by Gasteiger charge is 2.52. The molecule has 0 rings (SSSR count). The third-order valence-corrected chi connectivity index (χ3v) is 6.49. The van der Waals surface area contributed by atoms with Gasteiger partial charge in [-0.15, -0.1) is 3.71 Å². The summed E-state index contributed by atoms with van der Waals surface area (Å²) in [5.41, 5.74) is 0. The Hall–Kier alpha value is 0.840. The van der Waals surface area contributed by atoms with Crippen LogP contribution < -0.4 is 0 Å². The molecule has 0 spiro atoms. The zero-order valence-electron chi connectivity index (χ0n) is 8.49. The minimum absolute atomic E-state index is 0.108. The van der Waals surface area contributed by atoms with Crippen molar-refractivity contribution in [3.63, 3.8) is 0 Å². The molecular formula is C6H7Cl4FN2O2S2. The van der Waals surface area contributed by atoms with E-state index in [4.69, 9.17) is 51.7 Å². The molecule has 0 amide bonds. The lowest BCUT2D eigenvalue weighted by molar-refractivity contribution is 0.398. The van der Waals surface area contributed by atoms with Crippen molar-refractivity contribution in [1.82, 2.24) is 3.71 Å². The number of alkyl halides is 5. The molecule has 0 saturated heterocycles. The average Bonchev–Trinajstić information content (AvgIpc) is 2.09. The third kappa shape index (κ3) is 5.15. The summed E-state index contributed by atoms with van der Waals surface area (Å²) in [5.74, 6) is 0. The van der Waals surface area contributed by atoms with Crippen LogP contribution in [0.2, 0.25) is 0 Å². The molecule has 0 radical (unpaired) electrons. The molecule has 0 aromatic carbocycles. The highest BCUT2D eigenvalue weighted by Crippen LogP contribution is 2.53. The molecule has 0 N–H and O–H groups in total. The molecule has 0 bridgehead atoms. The molecule has 11 heteroatoms. The molecular weight excluding hydrogens is 357 g/mol. The molecule has 1 unspecified atom stereocenters. The van der Waals surface area contributed by atoms with Crippen LogP contribution in [-0.2, 0) is 10.0 Å². The van der Waals surface area contributed by atoms with Gasteiger partial charge in [-0.25, -0.2) is 12.8 Å². The van der Waals surface area contributed by atoms with E-state index in [-0.39, 0.29) is 11.9 Å². The highest BCUT2D eigenvalue weighted by atomic mass is 35.5. The van der Waals surface area contributed by atoms with E-state index in [0.29, 0.717) is 3.71 Å². The molecule has 17 heavy (non-hydrogen) atoms. The second kappa shape index (κ2) is 5.87. The number of nitriles is 1. The first-order valence-electron chi connectivity index (χ1n) is 3.85. The fourth-order valence-electron chi connectivity index (χ4n) is 0.646. The maximum absolute atomic E-state index is 13.2. The van der Waals surface area contributed by atoms with Crippen molar-refractivity contribution < 1.29 is 12.8 Å². The summed E-state index contributed by atoms with van der Waals surface area (Å²) in [4.78, 5) is 0. The molecule has 0 heterocycles. The Morgan fingerprint density at radius 2 is 1.82 bits per heavy atom. The number of sulfonamides is 1. The minimum atomic E-state index is -3.85. The lowest BCUT2D eigenvalue weighted by atomic mass is 10.4. The van der Waals surface area contributed by atoms with Crippen LogP contribution in [0.4, 0.5) is 4.39 Å². The lowest BCUT2D eigenvalue weighted by Crippen LogP contribution is -2.39. The van der Waals surface area contributed by atoms with Crippen molar-refractivity contribution in [3.05, 3.63) is 0 Å². The predicted octanol–water partition coefficient (Wildman–Crippen LogP) is 3.04. The topological polar surface area (TPSA) is 61.2 Å². The Bertz CT molecular complexity index is 417. The first-order valence-corrected chi connectivity index (χ1v) is 7.99. The maximum Gasteiger partial charge on any atom is 0.301 e. The fourth-order valence-corrected chi connectivity index (χ4v) is 3.58. The molecule has 100 valence electrons. The Morgan fingerprint density at radius 1 is 1.41 bits per heavy atom. The van der Waals surface area contributed by atoms with E-state index in [1.165, 1.54) is 6.92 Å². The van der Waals surface area contributed by atoms with Gasteiger partial charge in [-0.2, -0.15) is 5.26 Å². The van der Waals surface area contributed by atoms with E-state index in [0.717, 1.165) is 6.26 Å². The van der Waals surface area contributed by atoms with Gasteiger partial charge in [0.2, 0.25) is 13.7 Å². The van der Waals surface area contributed by atoms with Crippen molar-refractivity contribution in [2.75, 3.05) is 6.26 Å². The minimum Gasteiger partial charge on any atom is -0.212 e. The van der Waals surface area contributed by atoms with Crippen LogP contribution in [0.15, 0.2) is 0 Å². The van der Waals surface area contributed by atoms with E-state index in [1.807, 2.05) is 0 Å². The first-order chi connectivity index (χ1) is 7.33. The number of nitrogens with zero attached hydrogens (tertiary/aromatic N) is 2. The highest BCUT2D eigenvalue weighted by molar-refractivity contribution is 8.10. The number of hydrogen-bond acceptors (Lipinski definition) is 4. The monoisotopic (exact) mass is 362 g/mol. The van der Waals surface area contributed by atoms with Crippen LogP contribution in [0.5, 0.6) is 0 Å². The summed E-state index contributed by atoms with van der Waals surface area (Å²) in [6, 6.07) is 0.523. The Labute approximate surface area is 123 Å². The quantitative estimate of drug-likeness (QED) is 0.556. The largest absolute Gasteiger partial charge is 0.301 e. The summed E-state index contributed by atoms with van der Waals surface area (Å²) >= 11 is 21.2. The van der Waals surface area contributed by atoms with Gasteiger partial charge >= 0.3 is 4.59 Å². The summed E-state index contributed by atoms with van der Waals surface area (Å²) in [6.07, 6.45) is 0.806. The van der Waals surface area contributed by atoms with E-state index < -0.39 is 24.3 Å². The fraction of sp³-hybridized carbons (Fsp3) is 0.833. The molecule has 1 atom stereocenters. The van der Waals surface area contributed by atoms with Crippen molar-refractivity contribution >= 4 is 68.4 Å². The van der Waals surface area contributed by atoms with Gasteiger partial charge in [-0.1, -0.05) is 46.4 Å². The van der Waals surface area contributed by atoms with Crippen LogP contribution in [-0.4, -0.2) is 32.7 Å². The molecule has 0 aromatic heterocycles. The molecule has 0 fully saturated rings. The van der Waals surface area contributed by atoms with Gasteiger partial charge < -0.3 is 0 Å². The summed E-state index contributed by atoms with van der Waals surface area (Å²) < 4.78 is 30.9.